The number of fused-ring (bicyclic) bond motifs is 1. The number of nitrogens with zero attached hydrogens (tertiary/aromatic N) is 2. The van der Waals surface area contributed by atoms with Crippen molar-refractivity contribution in [3.8, 4) is 0 Å². The maximum absolute atomic E-state index is 11.4. The van der Waals surface area contributed by atoms with Crippen molar-refractivity contribution in [3.05, 3.63) is 34.2 Å². The SMILES string of the molecule is CCCN(CCc1cccc2c1CC(=O)N2)N=O. The quantitative estimate of drug-likeness (QED) is 0.618. The van der Waals surface area contributed by atoms with E-state index in [4.69, 9.17) is 0 Å². The molecule has 0 aromatic heterocycles. The van der Waals surface area contributed by atoms with Crippen molar-refractivity contribution < 1.29 is 4.79 Å². The number of anilines is 1. The van der Waals surface area contributed by atoms with Crippen LogP contribution in [0.2, 0.25) is 0 Å². The molecule has 1 heterocycles. The summed E-state index contributed by atoms with van der Waals surface area (Å²) in [7, 11) is 0. The highest BCUT2D eigenvalue weighted by atomic mass is 16.3. The molecule has 5 heteroatoms. The number of rotatable bonds is 6. The normalized spacial score (nSPS) is 13.1. The van der Waals surface area contributed by atoms with E-state index in [0.717, 1.165) is 29.7 Å². The van der Waals surface area contributed by atoms with Crippen LogP contribution in [-0.2, 0) is 17.6 Å². The molecule has 1 aliphatic rings. The molecule has 0 radical (unpaired) electrons. The topological polar surface area (TPSA) is 61.8 Å². The van der Waals surface area contributed by atoms with E-state index in [9.17, 15) is 9.70 Å². The van der Waals surface area contributed by atoms with Crippen LogP contribution in [0.3, 0.4) is 0 Å². The average molecular weight is 247 g/mol. The minimum atomic E-state index is 0.0383. The molecule has 1 aromatic carbocycles. The van der Waals surface area contributed by atoms with Crippen molar-refractivity contribution in [2.45, 2.75) is 26.2 Å². The first-order valence-corrected chi connectivity index (χ1v) is 6.23. The van der Waals surface area contributed by atoms with E-state index in [1.807, 2.05) is 25.1 Å². The zero-order chi connectivity index (χ0) is 13.0. The molecule has 1 N–H and O–H groups in total. The molecule has 0 saturated carbocycles. The maximum Gasteiger partial charge on any atom is 0.228 e. The highest BCUT2D eigenvalue weighted by Crippen LogP contribution is 2.26. The highest BCUT2D eigenvalue weighted by molar-refractivity contribution is 5.99. The van der Waals surface area contributed by atoms with Crippen LogP contribution in [0.15, 0.2) is 23.5 Å². The van der Waals surface area contributed by atoms with Gasteiger partial charge in [-0.2, -0.15) is 0 Å². The second kappa shape index (κ2) is 5.62. The van der Waals surface area contributed by atoms with E-state index in [2.05, 4.69) is 10.6 Å². The van der Waals surface area contributed by atoms with E-state index >= 15 is 0 Å². The molecule has 2 rings (SSSR count). The van der Waals surface area contributed by atoms with Crippen LogP contribution < -0.4 is 5.32 Å². The molecule has 0 atom stereocenters. The van der Waals surface area contributed by atoms with Gasteiger partial charge in [0.25, 0.3) is 0 Å². The molecule has 1 amide bonds. The zero-order valence-electron chi connectivity index (χ0n) is 10.5. The third-order valence-electron chi connectivity index (χ3n) is 3.12. The van der Waals surface area contributed by atoms with Crippen LogP contribution >= 0.6 is 0 Å². The summed E-state index contributed by atoms with van der Waals surface area (Å²) in [5.74, 6) is 0.0383. The lowest BCUT2D eigenvalue weighted by Crippen LogP contribution is -2.20. The van der Waals surface area contributed by atoms with Gasteiger partial charge in [-0.25, -0.2) is 0 Å². The Labute approximate surface area is 106 Å². The van der Waals surface area contributed by atoms with Gasteiger partial charge in [0.05, 0.1) is 11.7 Å². The minimum absolute atomic E-state index is 0.0383. The lowest BCUT2D eigenvalue weighted by atomic mass is 10.0. The molecule has 0 spiro atoms. The predicted molar refractivity (Wildman–Crippen MR) is 70.1 cm³/mol. The van der Waals surface area contributed by atoms with Crippen molar-refractivity contribution in [1.29, 1.82) is 0 Å². The smallest absolute Gasteiger partial charge is 0.228 e. The Kier molecular flexibility index (Phi) is 3.92. The molecule has 1 aromatic rings. The van der Waals surface area contributed by atoms with E-state index in [1.54, 1.807) is 0 Å². The number of nitrogens with one attached hydrogen (secondary N) is 1. The van der Waals surface area contributed by atoms with Crippen LogP contribution in [0.1, 0.15) is 24.5 Å². The van der Waals surface area contributed by atoms with Gasteiger partial charge in [0.1, 0.15) is 0 Å². The van der Waals surface area contributed by atoms with Crippen LogP contribution in [0.5, 0.6) is 0 Å². The van der Waals surface area contributed by atoms with Crippen molar-refractivity contribution >= 4 is 11.6 Å². The third kappa shape index (κ3) is 2.67. The van der Waals surface area contributed by atoms with Gasteiger partial charge < -0.3 is 5.32 Å². The van der Waals surface area contributed by atoms with Crippen LogP contribution in [0, 0.1) is 4.91 Å². The number of hydrogen-bond acceptors (Lipinski definition) is 3. The standard InChI is InChI=1S/C13H17N3O2/c1-2-7-16(15-18)8-6-10-4-3-5-12-11(10)9-13(17)14-12/h3-5H,2,6-9H2,1H3,(H,14,17). The van der Waals surface area contributed by atoms with Crippen molar-refractivity contribution in [3.63, 3.8) is 0 Å². The second-order valence-electron chi connectivity index (χ2n) is 4.45. The molecule has 0 bridgehead atoms. The molecule has 0 unspecified atom stereocenters. The molecule has 18 heavy (non-hydrogen) atoms. The van der Waals surface area contributed by atoms with E-state index in [1.165, 1.54) is 5.01 Å². The van der Waals surface area contributed by atoms with Gasteiger partial charge in [0.15, 0.2) is 0 Å². The average Bonchev–Trinajstić information content (AvgIpc) is 2.75. The number of carbonyl (C=O) groups excluding carboxylic acids is 1. The number of amides is 1. The van der Waals surface area contributed by atoms with Crippen molar-refractivity contribution in [2.24, 2.45) is 5.29 Å². The first-order valence-electron chi connectivity index (χ1n) is 6.23. The van der Waals surface area contributed by atoms with Crippen LogP contribution in [0.4, 0.5) is 5.69 Å². The Balaban J connectivity index is 2.04. The van der Waals surface area contributed by atoms with E-state index in [-0.39, 0.29) is 5.91 Å². The van der Waals surface area contributed by atoms with Gasteiger partial charge in [0, 0.05) is 18.8 Å². The first-order chi connectivity index (χ1) is 8.74. The fourth-order valence-corrected chi connectivity index (χ4v) is 2.25. The summed E-state index contributed by atoms with van der Waals surface area (Å²) in [6.07, 6.45) is 2.08. The highest BCUT2D eigenvalue weighted by Gasteiger charge is 2.20. The number of carbonyl (C=O) groups is 1. The van der Waals surface area contributed by atoms with Gasteiger partial charge in [-0.05, 0) is 30.0 Å². The molecule has 5 nitrogen and oxygen atoms in total. The summed E-state index contributed by atoms with van der Waals surface area (Å²) < 4.78 is 0. The lowest BCUT2D eigenvalue weighted by Gasteiger charge is -2.15. The second-order valence-corrected chi connectivity index (χ2v) is 4.45. The van der Waals surface area contributed by atoms with Crippen molar-refractivity contribution in [2.75, 3.05) is 18.4 Å². The van der Waals surface area contributed by atoms with Gasteiger partial charge in [0.2, 0.25) is 5.91 Å². The van der Waals surface area contributed by atoms with Crippen LogP contribution in [0.25, 0.3) is 0 Å². The van der Waals surface area contributed by atoms with Crippen LogP contribution in [-0.4, -0.2) is 24.0 Å². The Morgan fingerprint density at radius 3 is 2.94 bits per heavy atom. The molecular weight excluding hydrogens is 230 g/mol. The summed E-state index contributed by atoms with van der Waals surface area (Å²) in [5.41, 5.74) is 3.08. The fourth-order valence-electron chi connectivity index (χ4n) is 2.25. The largest absolute Gasteiger partial charge is 0.326 e. The Morgan fingerprint density at radius 2 is 2.22 bits per heavy atom. The Hall–Kier alpha value is -1.91. The number of hydrogen-bond donors (Lipinski definition) is 1. The van der Waals surface area contributed by atoms with Gasteiger partial charge in [-0.15, -0.1) is 4.91 Å². The van der Waals surface area contributed by atoms with E-state index < -0.39 is 0 Å². The van der Waals surface area contributed by atoms with Crippen molar-refractivity contribution in [1.82, 2.24) is 5.01 Å². The summed E-state index contributed by atoms with van der Waals surface area (Å²) >= 11 is 0. The maximum atomic E-state index is 11.4. The zero-order valence-corrected chi connectivity index (χ0v) is 10.5. The monoisotopic (exact) mass is 247 g/mol. The number of benzene rings is 1. The predicted octanol–water partition coefficient (Wildman–Crippen LogP) is 2.12. The minimum Gasteiger partial charge on any atom is -0.326 e. The molecule has 0 aliphatic carbocycles. The third-order valence-corrected chi connectivity index (χ3v) is 3.12. The summed E-state index contributed by atoms with van der Waals surface area (Å²) in [4.78, 5) is 22.0. The Morgan fingerprint density at radius 1 is 1.39 bits per heavy atom. The van der Waals surface area contributed by atoms with E-state index in [0.29, 0.717) is 19.5 Å². The molecular formula is C13H17N3O2. The van der Waals surface area contributed by atoms with Gasteiger partial charge >= 0.3 is 0 Å². The molecule has 0 fully saturated rings. The molecule has 0 saturated heterocycles. The Bertz CT molecular complexity index is 460. The summed E-state index contributed by atoms with van der Waals surface area (Å²) in [5, 5.41) is 7.36. The van der Waals surface area contributed by atoms with Gasteiger partial charge in [-0.1, -0.05) is 19.1 Å². The molecule has 1 aliphatic heterocycles. The first kappa shape index (κ1) is 12.5. The fraction of sp³-hybridized carbons (Fsp3) is 0.462. The van der Waals surface area contributed by atoms with Gasteiger partial charge in [-0.3, -0.25) is 9.80 Å². The number of nitroso groups, excluding NO2 is 1. The summed E-state index contributed by atoms with van der Waals surface area (Å²) in [6, 6.07) is 5.85. The molecule has 96 valence electrons. The summed E-state index contributed by atoms with van der Waals surface area (Å²) in [6.45, 7) is 3.29. The lowest BCUT2D eigenvalue weighted by molar-refractivity contribution is -0.115.